The predicted molar refractivity (Wildman–Crippen MR) is 86.2 cm³/mol. The third-order valence-corrected chi connectivity index (χ3v) is 5.62. The first kappa shape index (κ1) is 15.3. The molecule has 1 aromatic carbocycles. The van der Waals surface area contributed by atoms with Gasteiger partial charge in [0.15, 0.2) is 0 Å². The van der Waals surface area contributed by atoms with Crippen molar-refractivity contribution >= 4 is 49.4 Å². The van der Waals surface area contributed by atoms with E-state index in [0.29, 0.717) is 15.4 Å². The van der Waals surface area contributed by atoms with Crippen LogP contribution < -0.4 is 0 Å². The first-order chi connectivity index (χ1) is 9.00. The van der Waals surface area contributed by atoms with Crippen LogP contribution in [0.5, 0.6) is 0 Å². The molecule has 0 N–H and O–H groups in total. The number of rotatable bonds is 2. The summed E-state index contributed by atoms with van der Waals surface area (Å²) >= 11 is 13.1. The Morgan fingerprint density at radius 2 is 2.05 bits per heavy atom. The number of alkyl halides is 1. The van der Waals surface area contributed by atoms with Gasteiger partial charge in [0.05, 0.1) is 5.56 Å². The van der Waals surface area contributed by atoms with Gasteiger partial charge in [-0.15, -0.1) is 0 Å². The highest BCUT2D eigenvalue weighted by Gasteiger charge is 2.30. The van der Waals surface area contributed by atoms with Gasteiger partial charge in [0.2, 0.25) is 0 Å². The molecule has 0 radical (unpaired) electrons. The summed E-state index contributed by atoms with van der Waals surface area (Å²) in [5.74, 6) is 0.0192. The Morgan fingerprint density at radius 1 is 1.37 bits per heavy atom. The van der Waals surface area contributed by atoms with Gasteiger partial charge in [0, 0.05) is 27.4 Å². The predicted octanol–water partition coefficient (Wildman–Crippen LogP) is 4.88. The van der Waals surface area contributed by atoms with Gasteiger partial charge in [-0.25, -0.2) is 0 Å². The van der Waals surface area contributed by atoms with Crippen LogP contribution in [0.25, 0.3) is 0 Å². The van der Waals surface area contributed by atoms with Gasteiger partial charge >= 0.3 is 0 Å². The van der Waals surface area contributed by atoms with E-state index in [1.54, 1.807) is 12.1 Å². The quantitative estimate of drug-likeness (QED) is 0.638. The minimum atomic E-state index is 0.0192. The first-order valence-electron chi connectivity index (χ1n) is 6.37. The lowest BCUT2D eigenvalue weighted by atomic mass is 9.94. The molecular weight excluding hydrogens is 393 g/mol. The molecule has 0 aliphatic heterocycles. The molecule has 1 aliphatic rings. The standard InChI is InChI=1S/C14H16Br2ClNO/c1-18(13-5-3-2-4-12(13)16)14(19)10-8-9(17)6-7-11(10)15/h6-8,12-13H,2-5H2,1H3. The third kappa shape index (κ3) is 3.53. The van der Waals surface area contributed by atoms with Crippen LogP contribution >= 0.6 is 43.5 Å². The molecule has 2 unspecified atom stereocenters. The molecule has 0 aromatic heterocycles. The van der Waals surface area contributed by atoms with Crippen molar-refractivity contribution in [3.8, 4) is 0 Å². The molecule has 2 rings (SSSR count). The molecule has 2 atom stereocenters. The van der Waals surface area contributed by atoms with E-state index in [-0.39, 0.29) is 11.9 Å². The molecule has 0 bridgehead atoms. The van der Waals surface area contributed by atoms with Crippen molar-refractivity contribution in [2.24, 2.45) is 0 Å². The lowest BCUT2D eigenvalue weighted by molar-refractivity contribution is 0.0704. The van der Waals surface area contributed by atoms with Crippen LogP contribution in [0.2, 0.25) is 5.02 Å². The maximum Gasteiger partial charge on any atom is 0.255 e. The summed E-state index contributed by atoms with van der Waals surface area (Å²) in [5.41, 5.74) is 0.625. The van der Waals surface area contributed by atoms with E-state index in [9.17, 15) is 4.79 Å². The van der Waals surface area contributed by atoms with E-state index >= 15 is 0 Å². The molecule has 1 aliphatic carbocycles. The lowest BCUT2D eigenvalue weighted by Gasteiger charge is -2.35. The van der Waals surface area contributed by atoms with Gasteiger partial charge < -0.3 is 4.90 Å². The number of benzene rings is 1. The summed E-state index contributed by atoms with van der Waals surface area (Å²) < 4.78 is 0.788. The molecule has 1 aromatic rings. The molecule has 1 fully saturated rings. The lowest BCUT2D eigenvalue weighted by Crippen LogP contribution is -2.44. The largest absolute Gasteiger partial charge is 0.338 e. The van der Waals surface area contributed by atoms with Crippen molar-refractivity contribution in [1.29, 1.82) is 0 Å². The molecular formula is C14H16Br2ClNO. The molecule has 0 saturated heterocycles. The number of hydrogen-bond acceptors (Lipinski definition) is 1. The summed E-state index contributed by atoms with van der Waals surface area (Å²) in [6, 6.07) is 5.56. The average Bonchev–Trinajstić information content (AvgIpc) is 2.40. The van der Waals surface area contributed by atoms with E-state index in [0.717, 1.165) is 17.3 Å². The second-order valence-electron chi connectivity index (χ2n) is 4.91. The molecule has 0 spiro atoms. The van der Waals surface area contributed by atoms with E-state index < -0.39 is 0 Å². The fourth-order valence-corrected chi connectivity index (χ4v) is 4.04. The van der Waals surface area contributed by atoms with Crippen molar-refractivity contribution in [2.75, 3.05) is 7.05 Å². The smallest absolute Gasteiger partial charge is 0.255 e. The maximum absolute atomic E-state index is 12.6. The Hall–Kier alpha value is -0.0600. The van der Waals surface area contributed by atoms with E-state index in [1.807, 2.05) is 18.0 Å². The van der Waals surface area contributed by atoms with Gasteiger partial charge in [0.1, 0.15) is 0 Å². The topological polar surface area (TPSA) is 20.3 Å². The molecule has 104 valence electrons. The number of carbonyl (C=O) groups excluding carboxylic acids is 1. The van der Waals surface area contributed by atoms with Gasteiger partial charge in [-0.2, -0.15) is 0 Å². The fourth-order valence-electron chi connectivity index (χ4n) is 2.50. The zero-order valence-corrected chi connectivity index (χ0v) is 14.6. The van der Waals surface area contributed by atoms with Crippen LogP contribution in [-0.2, 0) is 0 Å². The van der Waals surface area contributed by atoms with Crippen molar-refractivity contribution in [3.63, 3.8) is 0 Å². The van der Waals surface area contributed by atoms with E-state index in [4.69, 9.17) is 11.6 Å². The summed E-state index contributed by atoms with van der Waals surface area (Å²) in [6.07, 6.45) is 4.59. The number of halogens is 3. The first-order valence-corrected chi connectivity index (χ1v) is 8.45. The average molecular weight is 410 g/mol. The van der Waals surface area contributed by atoms with Crippen LogP contribution in [0.3, 0.4) is 0 Å². The molecule has 19 heavy (non-hydrogen) atoms. The van der Waals surface area contributed by atoms with Gasteiger partial charge in [-0.05, 0) is 47.0 Å². The van der Waals surface area contributed by atoms with Crippen LogP contribution in [-0.4, -0.2) is 28.7 Å². The van der Waals surface area contributed by atoms with Crippen LogP contribution in [0, 0.1) is 0 Å². The Balaban J connectivity index is 2.20. The Kier molecular flexibility index (Phi) is 5.32. The minimum Gasteiger partial charge on any atom is -0.338 e. The monoisotopic (exact) mass is 407 g/mol. The van der Waals surface area contributed by atoms with Crippen molar-refractivity contribution < 1.29 is 4.79 Å². The number of amides is 1. The Morgan fingerprint density at radius 3 is 2.74 bits per heavy atom. The summed E-state index contributed by atoms with van der Waals surface area (Å²) in [5, 5.41) is 0.582. The molecule has 1 saturated carbocycles. The van der Waals surface area contributed by atoms with E-state index in [2.05, 4.69) is 31.9 Å². The minimum absolute atomic E-state index is 0.0192. The second kappa shape index (κ2) is 6.59. The third-order valence-electron chi connectivity index (χ3n) is 3.62. The van der Waals surface area contributed by atoms with Gasteiger partial charge in [0.25, 0.3) is 5.91 Å². The highest BCUT2D eigenvalue weighted by atomic mass is 79.9. The molecule has 0 heterocycles. The van der Waals surface area contributed by atoms with Crippen molar-refractivity contribution in [3.05, 3.63) is 33.3 Å². The van der Waals surface area contributed by atoms with Crippen LogP contribution in [0.1, 0.15) is 36.0 Å². The van der Waals surface area contributed by atoms with E-state index in [1.165, 1.54) is 12.8 Å². The normalized spacial score (nSPS) is 23.2. The van der Waals surface area contributed by atoms with Crippen molar-refractivity contribution in [2.45, 2.75) is 36.6 Å². The SMILES string of the molecule is CN(C(=O)c1cc(Cl)ccc1Br)C1CCCCC1Br. The highest BCUT2D eigenvalue weighted by molar-refractivity contribution is 9.10. The summed E-state index contributed by atoms with van der Waals surface area (Å²) in [6.45, 7) is 0. The van der Waals surface area contributed by atoms with Crippen LogP contribution in [0.4, 0.5) is 0 Å². The maximum atomic E-state index is 12.6. The molecule has 2 nitrogen and oxygen atoms in total. The second-order valence-corrected chi connectivity index (χ2v) is 7.37. The van der Waals surface area contributed by atoms with Gasteiger partial charge in [-0.3, -0.25) is 4.79 Å². The van der Waals surface area contributed by atoms with Crippen molar-refractivity contribution in [1.82, 2.24) is 4.90 Å². The number of nitrogens with zero attached hydrogens (tertiary/aromatic N) is 1. The zero-order chi connectivity index (χ0) is 14.0. The Labute approximate surface area is 135 Å². The Bertz CT molecular complexity index is 481. The van der Waals surface area contributed by atoms with Crippen LogP contribution in [0.15, 0.2) is 22.7 Å². The summed E-state index contributed by atoms with van der Waals surface area (Å²) in [4.78, 5) is 14.8. The highest BCUT2D eigenvalue weighted by Crippen LogP contribution is 2.30. The fraction of sp³-hybridized carbons (Fsp3) is 0.500. The summed E-state index contributed by atoms with van der Waals surface area (Å²) in [7, 11) is 1.87. The molecule has 5 heteroatoms. The number of hydrogen-bond donors (Lipinski definition) is 0. The van der Waals surface area contributed by atoms with Gasteiger partial charge in [-0.1, -0.05) is 40.4 Å². The molecule has 1 amide bonds. The number of carbonyl (C=O) groups is 1. The zero-order valence-electron chi connectivity index (χ0n) is 10.7.